The highest BCUT2D eigenvalue weighted by atomic mass is 35.5. The highest BCUT2D eigenvalue weighted by Gasteiger charge is 2.15. The van der Waals surface area contributed by atoms with Gasteiger partial charge in [0.1, 0.15) is 0 Å². The van der Waals surface area contributed by atoms with Gasteiger partial charge in [-0.2, -0.15) is 0 Å². The SMILES string of the molecule is Cl.NN1CCCC1=O.O=C(Cl)CCCCl. The smallest absolute Gasteiger partial charge is 0.236 e. The van der Waals surface area contributed by atoms with E-state index in [1.54, 1.807) is 0 Å². The van der Waals surface area contributed by atoms with Gasteiger partial charge in [0, 0.05) is 25.3 Å². The summed E-state index contributed by atoms with van der Waals surface area (Å²) in [5.74, 6) is 5.74. The molecule has 1 aliphatic rings. The van der Waals surface area contributed by atoms with Crippen LogP contribution in [-0.2, 0) is 9.59 Å². The van der Waals surface area contributed by atoms with Crippen molar-refractivity contribution >= 4 is 46.8 Å². The molecule has 0 bridgehead atoms. The zero-order valence-corrected chi connectivity index (χ0v) is 10.6. The van der Waals surface area contributed by atoms with Gasteiger partial charge in [0.2, 0.25) is 11.1 Å². The number of nitrogens with two attached hydrogens (primary N) is 1. The van der Waals surface area contributed by atoms with Crippen LogP contribution < -0.4 is 5.84 Å². The van der Waals surface area contributed by atoms with Gasteiger partial charge in [0.15, 0.2) is 0 Å². The molecule has 1 aliphatic heterocycles. The van der Waals surface area contributed by atoms with Crippen LogP contribution in [0, 0.1) is 0 Å². The second-order valence-electron chi connectivity index (χ2n) is 2.84. The number of hydrogen-bond acceptors (Lipinski definition) is 3. The maximum absolute atomic E-state index is 10.4. The molecule has 1 fully saturated rings. The largest absolute Gasteiger partial charge is 0.281 e. The van der Waals surface area contributed by atoms with Gasteiger partial charge in [-0.25, -0.2) is 5.84 Å². The number of hydrogen-bond donors (Lipinski definition) is 1. The van der Waals surface area contributed by atoms with Gasteiger partial charge in [0.25, 0.3) is 0 Å². The van der Waals surface area contributed by atoms with E-state index in [0.29, 0.717) is 25.1 Å². The van der Waals surface area contributed by atoms with Gasteiger partial charge in [-0.3, -0.25) is 14.6 Å². The van der Waals surface area contributed by atoms with Crippen molar-refractivity contribution in [1.82, 2.24) is 5.01 Å². The molecule has 7 heteroatoms. The predicted molar refractivity (Wildman–Crippen MR) is 63.2 cm³/mol. The van der Waals surface area contributed by atoms with Gasteiger partial charge >= 0.3 is 0 Å². The van der Waals surface area contributed by atoms with E-state index in [-0.39, 0.29) is 23.6 Å². The van der Waals surface area contributed by atoms with Crippen LogP contribution >= 0.6 is 35.6 Å². The third kappa shape index (κ3) is 10.3. The lowest BCUT2D eigenvalue weighted by molar-refractivity contribution is -0.127. The summed E-state index contributed by atoms with van der Waals surface area (Å²) in [7, 11) is 0. The van der Waals surface area contributed by atoms with Crippen LogP contribution in [0.25, 0.3) is 0 Å². The van der Waals surface area contributed by atoms with Crippen molar-refractivity contribution in [3.63, 3.8) is 0 Å². The van der Waals surface area contributed by atoms with Crippen molar-refractivity contribution in [1.29, 1.82) is 0 Å². The van der Waals surface area contributed by atoms with E-state index in [9.17, 15) is 9.59 Å². The van der Waals surface area contributed by atoms with Crippen molar-refractivity contribution < 1.29 is 9.59 Å². The van der Waals surface area contributed by atoms with Crippen molar-refractivity contribution in [2.24, 2.45) is 5.84 Å². The van der Waals surface area contributed by atoms with E-state index in [2.05, 4.69) is 0 Å². The van der Waals surface area contributed by atoms with E-state index in [4.69, 9.17) is 29.0 Å². The van der Waals surface area contributed by atoms with Gasteiger partial charge < -0.3 is 0 Å². The average Bonchev–Trinajstić information content (AvgIpc) is 2.49. The summed E-state index contributed by atoms with van der Waals surface area (Å²) in [5, 5.41) is 0.959. The topological polar surface area (TPSA) is 63.4 Å². The fourth-order valence-corrected chi connectivity index (χ4v) is 1.14. The number of hydrazine groups is 1. The van der Waals surface area contributed by atoms with Gasteiger partial charge in [-0.05, 0) is 24.4 Å². The monoisotopic (exact) mass is 276 g/mol. The quantitative estimate of drug-likeness (QED) is 0.369. The van der Waals surface area contributed by atoms with E-state index in [1.165, 1.54) is 5.01 Å². The third-order valence-electron chi connectivity index (χ3n) is 1.62. The fourth-order valence-electron chi connectivity index (χ4n) is 0.875. The normalized spacial score (nSPS) is 14.1. The molecule has 0 aliphatic carbocycles. The highest BCUT2D eigenvalue weighted by molar-refractivity contribution is 6.63. The molecule has 1 rings (SSSR count). The molecule has 0 atom stereocenters. The zero-order valence-electron chi connectivity index (χ0n) is 8.25. The Morgan fingerprint density at radius 2 is 2.13 bits per heavy atom. The Labute approximate surface area is 105 Å². The predicted octanol–water partition coefficient (Wildman–Crippen LogP) is 1.68. The Hall–Kier alpha value is -0.0300. The van der Waals surface area contributed by atoms with Crippen molar-refractivity contribution in [3.8, 4) is 0 Å². The van der Waals surface area contributed by atoms with Crippen molar-refractivity contribution in [2.45, 2.75) is 25.7 Å². The summed E-state index contributed by atoms with van der Waals surface area (Å²) >= 11 is 10.2. The van der Waals surface area contributed by atoms with Crippen LogP contribution in [0.3, 0.4) is 0 Å². The summed E-state index contributed by atoms with van der Waals surface area (Å²) < 4.78 is 0. The van der Waals surface area contributed by atoms with Gasteiger partial charge in [-0.15, -0.1) is 24.0 Å². The van der Waals surface area contributed by atoms with Crippen molar-refractivity contribution in [2.75, 3.05) is 12.4 Å². The standard InChI is InChI=1S/C4H6Cl2O.C4H8N2O.ClH/c5-3-1-2-4(6)7;5-6-3-1-2-4(6)7;/h1-3H2;1-3,5H2;1H. The zero-order chi connectivity index (χ0) is 11.0. The molecule has 0 unspecified atom stereocenters. The third-order valence-corrected chi connectivity index (χ3v) is 2.07. The second-order valence-corrected chi connectivity index (χ2v) is 3.64. The molecule has 0 aromatic rings. The first kappa shape index (κ1) is 17.4. The van der Waals surface area contributed by atoms with Crippen molar-refractivity contribution in [3.05, 3.63) is 0 Å². The maximum Gasteiger partial charge on any atom is 0.236 e. The maximum atomic E-state index is 10.4. The number of alkyl halides is 1. The number of nitrogens with zero attached hydrogens (tertiary/aromatic N) is 1. The number of carbonyl (C=O) groups is 2. The first-order chi connectivity index (χ1) is 6.57. The minimum Gasteiger partial charge on any atom is -0.281 e. The van der Waals surface area contributed by atoms with Gasteiger partial charge in [-0.1, -0.05) is 0 Å². The number of rotatable bonds is 3. The fraction of sp³-hybridized carbons (Fsp3) is 0.750. The van der Waals surface area contributed by atoms with Crippen LogP contribution in [0.15, 0.2) is 0 Å². The van der Waals surface area contributed by atoms with Crippen LogP contribution in [0.5, 0.6) is 0 Å². The lowest BCUT2D eigenvalue weighted by Crippen LogP contribution is -2.31. The Bertz CT molecular complexity index is 202. The minimum absolute atomic E-state index is 0. The minimum atomic E-state index is -0.305. The molecule has 4 nitrogen and oxygen atoms in total. The molecule has 90 valence electrons. The summed E-state index contributed by atoms with van der Waals surface area (Å²) in [6, 6.07) is 0. The lowest BCUT2D eigenvalue weighted by atomic mass is 10.4. The molecule has 0 spiro atoms. The number of halogens is 3. The lowest BCUT2D eigenvalue weighted by Gasteiger charge is -2.03. The van der Waals surface area contributed by atoms with E-state index < -0.39 is 0 Å². The Balaban J connectivity index is 0. The van der Waals surface area contributed by atoms with Crippen LogP contribution in [0.4, 0.5) is 0 Å². The number of carbonyl (C=O) groups excluding carboxylic acids is 2. The van der Waals surface area contributed by atoms with E-state index in [0.717, 1.165) is 13.0 Å². The Morgan fingerprint density at radius 3 is 2.27 bits per heavy atom. The molecule has 1 saturated heterocycles. The molecule has 0 saturated carbocycles. The molecule has 1 amide bonds. The molecule has 0 aromatic carbocycles. The Morgan fingerprint density at radius 1 is 1.53 bits per heavy atom. The molecule has 1 heterocycles. The molecular weight excluding hydrogens is 262 g/mol. The summed E-state index contributed by atoms with van der Waals surface area (Å²) in [6.07, 6.45) is 2.64. The second kappa shape index (κ2) is 10.5. The highest BCUT2D eigenvalue weighted by Crippen LogP contribution is 2.02. The van der Waals surface area contributed by atoms with Crippen LogP contribution in [0.2, 0.25) is 0 Å². The molecule has 2 N–H and O–H groups in total. The summed E-state index contributed by atoms with van der Waals surface area (Å²) in [6.45, 7) is 0.735. The first-order valence-electron chi connectivity index (χ1n) is 4.37. The van der Waals surface area contributed by atoms with Gasteiger partial charge in [0.05, 0.1) is 0 Å². The molecular formula is C8H15Cl3N2O2. The van der Waals surface area contributed by atoms with E-state index in [1.807, 2.05) is 0 Å². The average molecular weight is 278 g/mol. The number of amides is 1. The van der Waals surface area contributed by atoms with Crippen LogP contribution in [0.1, 0.15) is 25.7 Å². The van der Waals surface area contributed by atoms with E-state index >= 15 is 0 Å². The Kier molecular flexibility index (Phi) is 12.1. The molecule has 0 aromatic heterocycles. The molecule has 0 radical (unpaired) electrons. The molecule has 15 heavy (non-hydrogen) atoms. The summed E-state index contributed by atoms with van der Waals surface area (Å²) in [4.78, 5) is 20.3. The van der Waals surface area contributed by atoms with Crippen LogP contribution in [-0.4, -0.2) is 28.6 Å². The first-order valence-corrected chi connectivity index (χ1v) is 5.28. The summed E-state index contributed by atoms with van der Waals surface area (Å²) in [5.41, 5.74) is 0.